The zero-order chi connectivity index (χ0) is 16.2. The summed E-state index contributed by atoms with van der Waals surface area (Å²) in [5.74, 6) is -1.84. The molecular formula is C20H22O4Ru. The standard InChI is InChI=1S/2C9H8O2.2CH3.Ru/c2*10-9(11)7-6-8-4-2-1-3-5-8;;;/h2*1-7H,(H,10,11);2*1H3;/q;;2*-1;+2/b2*7-6+;;;. The summed E-state index contributed by atoms with van der Waals surface area (Å²) in [6, 6.07) is 18.6. The van der Waals surface area contributed by atoms with Crippen LogP contribution in [0.15, 0.2) is 72.8 Å². The normalized spacial score (nSPS) is 8.96. The molecule has 0 unspecified atom stereocenters. The Morgan fingerprint density at radius 1 is 0.640 bits per heavy atom. The largest absolute Gasteiger partial charge is 2.00 e. The van der Waals surface area contributed by atoms with E-state index in [0.717, 1.165) is 23.3 Å². The van der Waals surface area contributed by atoms with Crippen LogP contribution in [0.2, 0.25) is 0 Å². The Balaban J connectivity index is -0.000000346. The average Bonchev–Trinajstić information content (AvgIpc) is 2.53. The Labute approximate surface area is 162 Å². The Morgan fingerprint density at radius 2 is 0.920 bits per heavy atom. The van der Waals surface area contributed by atoms with Gasteiger partial charge in [0.1, 0.15) is 0 Å². The fraction of sp³-hybridized carbons (Fsp3) is 0. The molecule has 2 N–H and O–H groups in total. The second-order valence-corrected chi connectivity index (χ2v) is 4.16. The molecule has 0 heterocycles. The summed E-state index contributed by atoms with van der Waals surface area (Å²) in [5.41, 5.74) is 1.80. The van der Waals surface area contributed by atoms with Crippen molar-refractivity contribution in [3.8, 4) is 0 Å². The van der Waals surface area contributed by atoms with Crippen molar-refractivity contribution in [1.82, 2.24) is 0 Å². The second kappa shape index (κ2) is 16.3. The summed E-state index contributed by atoms with van der Waals surface area (Å²) in [5, 5.41) is 16.6. The summed E-state index contributed by atoms with van der Waals surface area (Å²) in [6.45, 7) is 0. The molecule has 2 rings (SSSR count). The first kappa shape index (κ1) is 27.3. The van der Waals surface area contributed by atoms with Gasteiger partial charge >= 0.3 is 31.4 Å². The average molecular weight is 427 g/mol. The minimum absolute atomic E-state index is 0. The van der Waals surface area contributed by atoms with Gasteiger partial charge in [-0.05, 0) is 23.3 Å². The van der Waals surface area contributed by atoms with Gasteiger partial charge in [-0.1, -0.05) is 60.7 Å². The molecule has 0 bridgehead atoms. The summed E-state index contributed by atoms with van der Waals surface area (Å²) < 4.78 is 0. The molecule has 0 saturated carbocycles. The van der Waals surface area contributed by atoms with E-state index >= 15 is 0 Å². The van der Waals surface area contributed by atoms with E-state index < -0.39 is 11.9 Å². The van der Waals surface area contributed by atoms with Crippen LogP contribution in [-0.4, -0.2) is 22.2 Å². The SMILES string of the molecule is O=C(O)/C=C/c1ccccc1.O=C(O)/C=C/c1ccccc1.[CH3-].[CH3-].[Ru+2]. The topological polar surface area (TPSA) is 74.6 Å². The van der Waals surface area contributed by atoms with E-state index in [-0.39, 0.29) is 34.3 Å². The third kappa shape index (κ3) is 14.8. The predicted octanol–water partition coefficient (Wildman–Crippen LogP) is 4.47. The molecule has 5 heteroatoms. The molecule has 134 valence electrons. The third-order valence-electron chi connectivity index (χ3n) is 2.44. The maximum Gasteiger partial charge on any atom is 2.00 e. The van der Waals surface area contributed by atoms with Gasteiger partial charge < -0.3 is 25.1 Å². The van der Waals surface area contributed by atoms with Gasteiger partial charge in [0.25, 0.3) is 0 Å². The van der Waals surface area contributed by atoms with Gasteiger partial charge in [-0.3, -0.25) is 0 Å². The summed E-state index contributed by atoms with van der Waals surface area (Å²) in [7, 11) is 0. The van der Waals surface area contributed by atoms with Crippen LogP contribution in [0.4, 0.5) is 0 Å². The summed E-state index contributed by atoms with van der Waals surface area (Å²) >= 11 is 0. The van der Waals surface area contributed by atoms with Gasteiger partial charge in [0, 0.05) is 12.2 Å². The molecule has 0 radical (unpaired) electrons. The first-order valence-electron chi connectivity index (χ1n) is 6.50. The van der Waals surface area contributed by atoms with Crippen molar-refractivity contribution in [2.24, 2.45) is 0 Å². The fourth-order valence-corrected chi connectivity index (χ4v) is 1.46. The fourth-order valence-electron chi connectivity index (χ4n) is 1.46. The van der Waals surface area contributed by atoms with Crippen LogP contribution >= 0.6 is 0 Å². The third-order valence-corrected chi connectivity index (χ3v) is 2.44. The van der Waals surface area contributed by atoms with Crippen molar-refractivity contribution in [1.29, 1.82) is 0 Å². The Hall–Kier alpha value is -2.52. The van der Waals surface area contributed by atoms with Crippen LogP contribution in [0.5, 0.6) is 0 Å². The number of carbonyl (C=O) groups is 2. The van der Waals surface area contributed by atoms with Crippen LogP contribution in [0.25, 0.3) is 12.2 Å². The number of carboxylic acids is 2. The molecule has 0 aliphatic carbocycles. The van der Waals surface area contributed by atoms with E-state index in [1.807, 2.05) is 60.7 Å². The molecule has 2 aromatic carbocycles. The van der Waals surface area contributed by atoms with E-state index in [9.17, 15) is 9.59 Å². The minimum atomic E-state index is -0.922. The van der Waals surface area contributed by atoms with Crippen LogP contribution in [0, 0.1) is 14.9 Å². The molecule has 0 aliphatic rings. The second-order valence-electron chi connectivity index (χ2n) is 4.16. The Kier molecular flexibility index (Phi) is 17.9. The molecule has 2 aromatic rings. The zero-order valence-electron chi connectivity index (χ0n) is 14.1. The molecule has 4 nitrogen and oxygen atoms in total. The van der Waals surface area contributed by atoms with Gasteiger partial charge in [-0.15, -0.1) is 0 Å². The summed E-state index contributed by atoms with van der Waals surface area (Å²) in [4.78, 5) is 20.2. The quantitative estimate of drug-likeness (QED) is 0.429. The van der Waals surface area contributed by atoms with Gasteiger partial charge in [0.05, 0.1) is 0 Å². The first-order chi connectivity index (χ1) is 10.6. The van der Waals surface area contributed by atoms with Crippen LogP contribution in [-0.2, 0) is 29.1 Å². The van der Waals surface area contributed by atoms with Crippen molar-refractivity contribution in [2.75, 3.05) is 0 Å². The molecule has 0 fully saturated rings. The van der Waals surface area contributed by atoms with E-state index in [1.54, 1.807) is 12.2 Å². The van der Waals surface area contributed by atoms with Crippen molar-refractivity contribution in [3.63, 3.8) is 0 Å². The van der Waals surface area contributed by atoms with Crippen molar-refractivity contribution < 1.29 is 39.3 Å². The number of carboxylic acid groups (broad SMARTS) is 2. The van der Waals surface area contributed by atoms with E-state index in [0.29, 0.717) is 0 Å². The van der Waals surface area contributed by atoms with Gasteiger partial charge in [-0.2, -0.15) is 0 Å². The van der Waals surface area contributed by atoms with Crippen molar-refractivity contribution >= 4 is 24.1 Å². The van der Waals surface area contributed by atoms with E-state index in [1.165, 1.54) is 0 Å². The number of hydrogen-bond donors (Lipinski definition) is 2. The van der Waals surface area contributed by atoms with Crippen LogP contribution in [0.3, 0.4) is 0 Å². The number of aliphatic carboxylic acids is 2. The number of rotatable bonds is 4. The molecule has 0 aliphatic heterocycles. The molecule has 0 aromatic heterocycles. The van der Waals surface area contributed by atoms with Gasteiger partial charge in [0.2, 0.25) is 0 Å². The molecule has 0 saturated heterocycles. The smallest absolute Gasteiger partial charge is 0.478 e. The van der Waals surface area contributed by atoms with E-state index in [4.69, 9.17) is 10.2 Å². The van der Waals surface area contributed by atoms with Crippen LogP contribution < -0.4 is 0 Å². The summed E-state index contributed by atoms with van der Waals surface area (Å²) in [6.07, 6.45) is 5.36. The molecule has 0 amide bonds. The Bertz CT molecular complexity index is 590. The van der Waals surface area contributed by atoms with Crippen molar-refractivity contribution in [2.45, 2.75) is 0 Å². The zero-order valence-corrected chi connectivity index (χ0v) is 15.9. The maximum atomic E-state index is 10.1. The van der Waals surface area contributed by atoms with Crippen LogP contribution in [0.1, 0.15) is 11.1 Å². The predicted molar refractivity (Wildman–Crippen MR) is 99.1 cm³/mol. The van der Waals surface area contributed by atoms with Gasteiger partial charge in [0.15, 0.2) is 0 Å². The monoisotopic (exact) mass is 428 g/mol. The maximum absolute atomic E-state index is 10.1. The molecule has 0 spiro atoms. The number of hydrogen-bond acceptors (Lipinski definition) is 2. The first-order valence-corrected chi connectivity index (χ1v) is 6.50. The molecule has 25 heavy (non-hydrogen) atoms. The van der Waals surface area contributed by atoms with Gasteiger partial charge in [-0.25, -0.2) is 9.59 Å². The molecule has 0 atom stereocenters. The van der Waals surface area contributed by atoms with E-state index in [2.05, 4.69) is 0 Å². The molecular weight excluding hydrogens is 405 g/mol. The van der Waals surface area contributed by atoms with Crippen molar-refractivity contribution in [3.05, 3.63) is 98.8 Å². The number of benzene rings is 2. The Morgan fingerprint density at radius 3 is 1.16 bits per heavy atom. The minimum Gasteiger partial charge on any atom is -0.478 e.